The third-order valence-electron chi connectivity index (χ3n) is 4.09. The highest BCUT2D eigenvalue weighted by Crippen LogP contribution is 2.35. The zero-order valence-corrected chi connectivity index (χ0v) is 17.5. The first-order valence-electron chi connectivity index (χ1n) is 9.33. The molecule has 3 nitrogen and oxygen atoms in total. The van der Waals surface area contributed by atoms with Crippen LogP contribution in [0.3, 0.4) is 0 Å². The van der Waals surface area contributed by atoms with E-state index in [2.05, 4.69) is 19.1 Å². The lowest BCUT2D eigenvalue weighted by Gasteiger charge is -2.17. The summed E-state index contributed by atoms with van der Waals surface area (Å²) < 4.78 is 0. The van der Waals surface area contributed by atoms with Gasteiger partial charge in [0, 0.05) is 5.02 Å². The SMILES string of the molecule is CC(C)(C)O.CCc1cc2ccccc2c(-c2ccc(Cl)cc2)c1CC(=O)O. The molecule has 0 saturated carbocycles. The molecule has 148 valence electrons. The number of aliphatic carboxylic acids is 1. The number of aliphatic hydroxyl groups is 1. The van der Waals surface area contributed by atoms with Gasteiger partial charge in [0.15, 0.2) is 0 Å². The fraction of sp³-hybridized carbons (Fsp3) is 0.292. The second-order valence-corrected chi connectivity index (χ2v) is 8.15. The molecular formula is C24H27ClO3. The Bertz CT molecular complexity index is 948. The van der Waals surface area contributed by atoms with E-state index in [1.807, 2.05) is 42.5 Å². The summed E-state index contributed by atoms with van der Waals surface area (Å²) in [5.41, 5.74) is 3.47. The zero-order chi connectivity index (χ0) is 20.9. The van der Waals surface area contributed by atoms with Crippen LogP contribution in [-0.2, 0) is 17.6 Å². The quantitative estimate of drug-likeness (QED) is 0.556. The Morgan fingerprint density at radius 1 is 1.04 bits per heavy atom. The van der Waals surface area contributed by atoms with Gasteiger partial charge in [-0.3, -0.25) is 4.79 Å². The second-order valence-electron chi connectivity index (χ2n) is 7.71. The molecule has 2 N–H and O–H groups in total. The summed E-state index contributed by atoms with van der Waals surface area (Å²) >= 11 is 6.01. The summed E-state index contributed by atoms with van der Waals surface area (Å²) in [6.07, 6.45) is 0.819. The molecule has 3 rings (SSSR count). The highest BCUT2D eigenvalue weighted by molar-refractivity contribution is 6.30. The Morgan fingerprint density at radius 2 is 1.61 bits per heavy atom. The van der Waals surface area contributed by atoms with Gasteiger partial charge in [-0.2, -0.15) is 0 Å². The molecule has 0 unspecified atom stereocenters. The third-order valence-corrected chi connectivity index (χ3v) is 4.34. The smallest absolute Gasteiger partial charge is 0.307 e. The monoisotopic (exact) mass is 398 g/mol. The maximum absolute atomic E-state index is 11.4. The van der Waals surface area contributed by atoms with Gasteiger partial charge in [0.2, 0.25) is 0 Å². The van der Waals surface area contributed by atoms with E-state index < -0.39 is 11.6 Å². The van der Waals surface area contributed by atoms with E-state index in [0.717, 1.165) is 39.4 Å². The number of aryl methyl sites for hydroxylation is 1. The van der Waals surface area contributed by atoms with Crippen LogP contribution >= 0.6 is 11.6 Å². The minimum Gasteiger partial charge on any atom is -0.481 e. The van der Waals surface area contributed by atoms with Crippen molar-refractivity contribution in [2.75, 3.05) is 0 Å². The third kappa shape index (κ3) is 6.08. The van der Waals surface area contributed by atoms with E-state index in [9.17, 15) is 9.90 Å². The van der Waals surface area contributed by atoms with Gasteiger partial charge in [0.05, 0.1) is 12.0 Å². The van der Waals surface area contributed by atoms with E-state index in [0.29, 0.717) is 5.02 Å². The maximum Gasteiger partial charge on any atom is 0.307 e. The predicted octanol–water partition coefficient (Wildman–Crippen LogP) is 6.13. The first-order valence-corrected chi connectivity index (χ1v) is 9.71. The standard InChI is InChI=1S/C20H17ClO2.C4H10O/c1-2-13-11-15-5-3-4-6-17(15)20(18(13)12-19(22)23)14-7-9-16(21)10-8-14;1-4(2,3)5/h3-11H,2,12H2,1H3,(H,22,23);5H,1-3H3. The number of halogens is 1. The van der Waals surface area contributed by atoms with Crippen LogP contribution in [-0.4, -0.2) is 21.8 Å². The lowest BCUT2D eigenvalue weighted by Crippen LogP contribution is -2.10. The topological polar surface area (TPSA) is 57.5 Å². The first-order chi connectivity index (χ1) is 13.1. The van der Waals surface area contributed by atoms with E-state index in [-0.39, 0.29) is 6.42 Å². The summed E-state index contributed by atoms with van der Waals surface area (Å²) in [7, 11) is 0. The molecule has 0 bridgehead atoms. The van der Waals surface area contributed by atoms with E-state index in [1.54, 1.807) is 20.8 Å². The van der Waals surface area contributed by atoms with Crippen LogP contribution in [0.15, 0.2) is 54.6 Å². The second kappa shape index (κ2) is 9.22. The highest BCUT2D eigenvalue weighted by Gasteiger charge is 2.16. The van der Waals surface area contributed by atoms with Gasteiger partial charge in [0.1, 0.15) is 0 Å². The molecule has 0 aliphatic heterocycles. The van der Waals surface area contributed by atoms with Crippen LogP contribution in [0, 0.1) is 0 Å². The number of carboxylic acid groups (broad SMARTS) is 1. The maximum atomic E-state index is 11.4. The molecule has 3 aromatic carbocycles. The number of fused-ring (bicyclic) bond motifs is 1. The predicted molar refractivity (Wildman–Crippen MR) is 117 cm³/mol. The Hall–Kier alpha value is -2.36. The summed E-state index contributed by atoms with van der Waals surface area (Å²) in [5, 5.41) is 20.7. The summed E-state index contributed by atoms with van der Waals surface area (Å²) in [4.78, 5) is 11.4. The molecule has 0 aliphatic carbocycles. The minimum absolute atomic E-state index is 0.0198. The molecule has 0 spiro atoms. The summed E-state index contributed by atoms with van der Waals surface area (Å²) in [6.45, 7) is 7.29. The van der Waals surface area contributed by atoms with Gasteiger partial charge in [-0.05, 0) is 72.4 Å². The molecular weight excluding hydrogens is 372 g/mol. The van der Waals surface area contributed by atoms with Crippen LogP contribution in [0.5, 0.6) is 0 Å². The van der Waals surface area contributed by atoms with Gasteiger partial charge < -0.3 is 10.2 Å². The van der Waals surface area contributed by atoms with Crippen molar-refractivity contribution in [3.63, 3.8) is 0 Å². The van der Waals surface area contributed by atoms with Crippen molar-refractivity contribution in [3.05, 3.63) is 70.7 Å². The first kappa shape index (κ1) is 21.9. The van der Waals surface area contributed by atoms with E-state index >= 15 is 0 Å². The van der Waals surface area contributed by atoms with Crippen molar-refractivity contribution in [2.24, 2.45) is 0 Å². The largest absolute Gasteiger partial charge is 0.481 e. The fourth-order valence-electron chi connectivity index (χ4n) is 3.06. The van der Waals surface area contributed by atoms with Crippen LogP contribution in [0.2, 0.25) is 5.02 Å². The Labute approximate surface area is 171 Å². The summed E-state index contributed by atoms with van der Waals surface area (Å²) in [5.74, 6) is -0.815. The van der Waals surface area contributed by atoms with E-state index in [4.69, 9.17) is 16.7 Å². The molecule has 3 aromatic rings. The van der Waals surface area contributed by atoms with Crippen molar-refractivity contribution >= 4 is 28.3 Å². The van der Waals surface area contributed by atoms with Crippen LogP contribution in [0.4, 0.5) is 0 Å². The minimum atomic E-state index is -0.815. The normalized spacial score (nSPS) is 11.1. The highest BCUT2D eigenvalue weighted by atomic mass is 35.5. The molecule has 0 atom stereocenters. The molecule has 0 heterocycles. The Balaban J connectivity index is 0.000000500. The number of carboxylic acids is 1. The number of hydrogen-bond acceptors (Lipinski definition) is 2. The molecule has 0 aromatic heterocycles. The number of rotatable bonds is 4. The average molecular weight is 399 g/mol. The number of hydrogen-bond donors (Lipinski definition) is 2. The lowest BCUT2D eigenvalue weighted by molar-refractivity contribution is -0.136. The van der Waals surface area contributed by atoms with Crippen molar-refractivity contribution < 1.29 is 15.0 Å². The molecule has 0 amide bonds. The van der Waals surface area contributed by atoms with Crippen molar-refractivity contribution in [1.82, 2.24) is 0 Å². The van der Waals surface area contributed by atoms with Gasteiger partial charge in [-0.15, -0.1) is 0 Å². The Morgan fingerprint density at radius 3 is 2.14 bits per heavy atom. The molecule has 4 heteroatoms. The van der Waals surface area contributed by atoms with Crippen LogP contribution < -0.4 is 0 Å². The van der Waals surface area contributed by atoms with Crippen molar-refractivity contribution in [2.45, 2.75) is 46.1 Å². The summed E-state index contributed by atoms with van der Waals surface area (Å²) in [6, 6.07) is 17.8. The van der Waals surface area contributed by atoms with Crippen molar-refractivity contribution in [1.29, 1.82) is 0 Å². The van der Waals surface area contributed by atoms with Gasteiger partial charge in [0.25, 0.3) is 0 Å². The van der Waals surface area contributed by atoms with Crippen LogP contribution in [0.1, 0.15) is 38.8 Å². The zero-order valence-electron chi connectivity index (χ0n) is 16.8. The number of carbonyl (C=O) groups is 1. The van der Waals surface area contributed by atoms with E-state index in [1.165, 1.54) is 0 Å². The van der Waals surface area contributed by atoms with Crippen molar-refractivity contribution in [3.8, 4) is 11.1 Å². The van der Waals surface area contributed by atoms with Crippen LogP contribution in [0.25, 0.3) is 21.9 Å². The molecule has 0 radical (unpaired) electrons. The molecule has 0 saturated heterocycles. The molecule has 0 fully saturated rings. The average Bonchev–Trinajstić information content (AvgIpc) is 2.60. The Kier molecular flexibility index (Phi) is 7.22. The van der Waals surface area contributed by atoms with Gasteiger partial charge in [-0.25, -0.2) is 0 Å². The fourth-order valence-corrected chi connectivity index (χ4v) is 3.19. The van der Waals surface area contributed by atoms with Gasteiger partial charge in [-0.1, -0.05) is 61.0 Å². The lowest BCUT2D eigenvalue weighted by atomic mass is 9.87. The molecule has 0 aliphatic rings. The molecule has 28 heavy (non-hydrogen) atoms. The number of benzene rings is 3. The van der Waals surface area contributed by atoms with Gasteiger partial charge >= 0.3 is 5.97 Å².